The summed E-state index contributed by atoms with van der Waals surface area (Å²) in [5, 5.41) is 2.98. The number of nitrogens with zero attached hydrogens (tertiary/aromatic N) is 1. The maximum atomic E-state index is 12.5. The summed E-state index contributed by atoms with van der Waals surface area (Å²) >= 11 is 0. The van der Waals surface area contributed by atoms with Crippen molar-refractivity contribution in [1.82, 2.24) is 10.2 Å². The molecule has 4 heteroatoms. The van der Waals surface area contributed by atoms with Crippen molar-refractivity contribution in [1.29, 1.82) is 0 Å². The SMILES string of the molecule is CC(C)CN1C(=O)NC2(CCCCCCC2)C1=O. The van der Waals surface area contributed by atoms with Crippen molar-refractivity contribution in [2.24, 2.45) is 5.92 Å². The lowest BCUT2D eigenvalue weighted by molar-refractivity contribution is -0.132. The fraction of sp³-hybridized carbons (Fsp3) is 0.857. The van der Waals surface area contributed by atoms with E-state index in [4.69, 9.17) is 0 Å². The number of carbonyl (C=O) groups excluding carboxylic acids is 2. The minimum atomic E-state index is -0.577. The standard InChI is InChI=1S/C14H24N2O2/c1-11(2)10-16-12(17)14(15-13(16)18)8-6-4-3-5-7-9-14/h11H,3-10H2,1-2H3,(H,15,18). The topological polar surface area (TPSA) is 49.4 Å². The number of hydrogen-bond donors (Lipinski definition) is 1. The van der Waals surface area contributed by atoms with E-state index >= 15 is 0 Å². The molecule has 18 heavy (non-hydrogen) atoms. The summed E-state index contributed by atoms with van der Waals surface area (Å²) in [6, 6.07) is -0.186. The van der Waals surface area contributed by atoms with Gasteiger partial charge in [0, 0.05) is 6.54 Å². The zero-order valence-electron chi connectivity index (χ0n) is 11.5. The third-order valence-electron chi connectivity index (χ3n) is 4.00. The summed E-state index contributed by atoms with van der Waals surface area (Å²) in [4.78, 5) is 25.9. The molecule has 1 saturated carbocycles. The Morgan fingerprint density at radius 3 is 2.22 bits per heavy atom. The third kappa shape index (κ3) is 2.52. The predicted molar refractivity (Wildman–Crippen MR) is 70.1 cm³/mol. The number of amides is 3. The number of rotatable bonds is 2. The van der Waals surface area contributed by atoms with Gasteiger partial charge in [-0.15, -0.1) is 0 Å². The van der Waals surface area contributed by atoms with Crippen LogP contribution in [0.25, 0.3) is 0 Å². The van der Waals surface area contributed by atoms with E-state index in [2.05, 4.69) is 5.32 Å². The van der Waals surface area contributed by atoms with E-state index < -0.39 is 5.54 Å². The van der Waals surface area contributed by atoms with E-state index in [1.165, 1.54) is 24.2 Å². The highest BCUT2D eigenvalue weighted by Gasteiger charge is 2.50. The van der Waals surface area contributed by atoms with Crippen LogP contribution in [0.3, 0.4) is 0 Å². The molecule has 0 aromatic rings. The molecule has 2 rings (SSSR count). The molecule has 1 N–H and O–H groups in total. The Morgan fingerprint density at radius 2 is 1.67 bits per heavy atom. The second kappa shape index (κ2) is 5.29. The normalized spacial score (nSPS) is 24.3. The number of imide groups is 1. The molecule has 1 aliphatic carbocycles. The highest BCUT2D eigenvalue weighted by atomic mass is 16.2. The summed E-state index contributed by atoms with van der Waals surface area (Å²) in [5.41, 5.74) is -0.577. The maximum absolute atomic E-state index is 12.5. The van der Waals surface area contributed by atoms with Crippen LogP contribution in [0.5, 0.6) is 0 Å². The molecule has 2 aliphatic rings. The zero-order valence-corrected chi connectivity index (χ0v) is 11.5. The molecule has 1 aliphatic heterocycles. The molecule has 0 radical (unpaired) electrons. The van der Waals surface area contributed by atoms with Crippen molar-refractivity contribution in [3.05, 3.63) is 0 Å². The van der Waals surface area contributed by atoms with Crippen molar-refractivity contribution in [2.75, 3.05) is 6.54 Å². The van der Waals surface area contributed by atoms with Gasteiger partial charge in [-0.25, -0.2) is 4.79 Å². The fourth-order valence-electron chi connectivity index (χ4n) is 3.05. The second-order valence-electron chi connectivity index (χ2n) is 6.09. The number of hydrogen-bond acceptors (Lipinski definition) is 2. The van der Waals surface area contributed by atoms with Crippen LogP contribution in [-0.4, -0.2) is 28.9 Å². The summed E-state index contributed by atoms with van der Waals surface area (Å²) in [7, 11) is 0. The first-order valence-corrected chi connectivity index (χ1v) is 7.19. The maximum Gasteiger partial charge on any atom is 0.325 e. The smallest absolute Gasteiger partial charge is 0.323 e. The second-order valence-corrected chi connectivity index (χ2v) is 6.09. The Hall–Kier alpha value is -1.06. The van der Waals surface area contributed by atoms with Gasteiger partial charge >= 0.3 is 6.03 Å². The molecule has 4 nitrogen and oxygen atoms in total. The van der Waals surface area contributed by atoms with Crippen molar-refractivity contribution in [3.8, 4) is 0 Å². The summed E-state index contributed by atoms with van der Waals surface area (Å²) in [5.74, 6) is 0.339. The van der Waals surface area contributed by atoms with Gasteiger partial charge in [0.05, 0.1) is 0 Å². The monoisotopic (exact) mass is 252 g/mol. The van der Waals surface area contributed by atoms with Crippen LogP contribution in [0.4, 0.5) is 4.79 Å². The molecule has 1 heterocycles. The molecule has 0 aromatic heterocycles. The number of carbonyl (C=O) groups is 2. The number of nitrogens with one attached hydrogen (secondary N) is 1. The van der Waals surface area contributed by atoms with Crippen molar-refractivity contribution in [2.45, 2.75) is 64.3 Å². The van der Waals surface area contributed by atoms with Gasteiger partial charge in [0.2, 0.25) is 0 Å². The van der Waals surface area contributed by atoms with Crippen molar-refractivity contribution in [3.63, 3.8) is 0 Å². The molecule has 0 bridgehead atoms. The van der Waals surface area contributed by atoms with Crippen molar-refractivity contribution < 1.29 is 9.59 Å². The lowest BCUT2D eigenvalue weighted by Gasteiger charge is -2.28. The quantitative estimate of drug-likeness (QED) is 0.768. The van der Waals surface area contributed by atoms with Crippen LogP contribution in [0.2, 0.25) is 0 Å². The highest BCUT2D eigenvalue weighted by molar-refractivity contribution is 6.07. The molecule has 0 atom stereocenters. The van der Waals surface area contributed by atoms with Crippen LogP contribution in [0.1, 0.15) is 58.8 Å². The molecule has 1 spiro atoms. The van der Waals surface area contributed by atoms with Crippen LogP contribution >= 0.6 is 0 Å². The van der Waals surface area contributed by atoms with Crippen molar-refractivity contribution >= 4 is 11.9 Å². The Kier molecular flexibility index (Phi) is 3.93. The molecule has 0 aromatic carbocycles. The fourth-order valence-corrected chi connectivity index (χ4v) is 3.05. The third-order valence-corrected chi connectivity index (χ3v) is 4.00. The van der Waals surface area contributed by atoms with E-state index in [1.807, 2.05) is 13.8 Å². The minimum absolute atomic E-state index is 0.0168. The molecular weight excluding hydrogens is 228 g/mol. The largest absolute Gasteiger partial charge is 0.325 e. The Labute approximate surface area is 109 Å². The van der Waals surface area contributed by atoms with Gasteiger partial charge in [0.25, 0.3) is 5.91 Å². The first kappa shape index (κ1) is 13.4. The lowest BCUT2D eigenvalue weighted by Crippen LogP contribution is -2.47. The first-order chi connectivity index (χ1) is 8.55. The molecule has 1 saturated heterocycles. The van der Waals surface area contributed by atoms with E-state index in [9.17, 15) is 9.59 Å². The first-order valence-electron chi connectivity index (χ1n) is 7.19. The Bertz CT molecular complexity index is 331. The molecule has 0 unspecified atom stereocenters. The van der Waals surface area contributed by atoms with Gasteiger partial charge in [-0.3, -0.25) is 9.69 Å². The van der Waals surface area contributed by atoms with Gasteiger partial charge in [0.15, 0.2) is 0 Å². The van der Waals surface area contributed by atoms with Gasteiger partial charge in [-0.2, -0.15) is 0 Å². The molecule has 2 fully saturated rings. The zero-order chi connectivity index (χ0) is 13.2. The lowest BCUT2D eigenvalue weighted by atomic mass is 9.84. The summed E-state index contributed by atoms with van der Waals surface area (Å²) in [6.07, 6.45) is 7.32. The van der Waals surface area contributed by atoms with Gasteiger partial charge in [-0.05, 0) is 18.8 Å². The van der Waals surface area contributed by atoms with Crippen LogP contribution in [0.15, 0.2) is 0 Å². The summed E-state index contributed by atoms with van der Waals surface area (Å²) in [6.45, 7) is 4.60. The number of urea groups is 1. The van der Waals surface area contributed by atoms with E-state index in [1.54, 1.807) is 0 Å². The Balaban J connectivity index is 2.13. The summed E-state index contributed by atoms with van der Waals surface area (Å²) < 4.78 is 0. The Morgan fingerprint density at radius 1 is 1.11 bits per heavy atom. The predicted octanol–water partition coefficient (Wildman–Crippen LogP) is 2.68. The molecule has 3 amide bonds. The van der Waals surface area contributed by atoms with Gasteiger partial charge in [-0.1, -0.05) is 46.0 Å². The molecule has 102 valence electrons. The van der Waals surface area contributed by atoms with E-state index in [0.29, 0.717) is 12.5 Å². The van der Waals surface area contributed by atoms with E-state index in [0.717, 1.165) is 25.7 Å². The van der Waals surface area contributed by atoms with E-state index in [-0.39, 0.29) is 11.9 Å². The van der Waals surface area contributed by atoms with Gasteiger partial charge in [0.1, 0.15) is 5.54 Å². The van der Waals surface area contributed by atoms with Crippen LogP contribution in [0, 0.1) is 5.92 Å². The minimum Gasteiger partial charge on any atom is -0.323 e. The van der Waals surface area contributed by atoms with Gasteiger partial charge < -0.3 is 5.32 Å². The van der Waals surface area contributed by atoms with Crippen LogP contribution < -0.4 is 5.32 Å². The van der Waals surface area contributed by atoms with Crippen LogP contribution in [-0.2, 0) is 4.79 Å². The average molecular weight is 252 g/mol. The molecular formula is C14H24N2O2. The highest BCUT2D eigenvalue weighted by Crippen LogP contribution is 2.32. The average Bonchev–Trinajstić information content (AvgIpc) is 2.49.